The van der Waals surface area contributed by atoms with Crippen molar-refractivity contribution in [3.63, 3.8) is 0 Å². The first-order valence-corrected chi connectivity index (χ1v) is 10.9. The summed E-state index contributed by atoms with van der Waals surface area (Å²) >= 11 is 1.45. The van der Waals surface area contributed by atoms with Gasteiger partial charge in [-0.3, -0.25) is 9.59 Å². The highest BCUT2D eigenvalue weighted by Crippen LogP contribution is 2.15. The summed E-state index contributed by atoms with van der Waals surface area (Å²) in [6.45, 7) is 0.464. The fraction of sp³-hybridized carbons (Fsp3) is 0.167. The molecule has 3 aromatic rings. The molecule has 2 amide bonds. The average molecular weight is 441 g/mol. The van der Waals surface area contributed by atoms with Gasteiger partial charge in [-0.15, -0.1) is 11.8 Å². The Morgan fingerprint density at radius 3 is 2.00 bits per heavy atom. The van der Waals surface area contributed by atoms with E-state index >= 15 is 0 Å². The van der Waals surface area contributed by atoms with Gasteiger partial charge in [0.2, 0.25) is 5.91 Å². The van der Waals surface area contributed by atoms with Crippen LogP contribution in [0.15, 0.2) is 72.8 Å². The van der Waals surface area contributed by atoms with Gasteiger partial charge in [0.15, 0.2) is 0 Å². The predicted molar refractivity (Wildman–Crippen MR) is 120 cm³/mol. The molecule has 0 unspecified atom stereocenters. The summed E-state index contributed by atoms with van der Waals surface area (Å²) in [6, 6.07) is 19.1. The summed E-state index contributed by atoms with van der Waals surface area (Å²) in [5.74, 6) is -0.0579. The van der Waals surface area contributed by atoms with Crippen LogP contribution >= 0.6 is 11.8 Å². The molecule has 2 N–H and O–H groups in total. The summed E-state index contributed by atoms with van der Waals surface area (Å²) in [7, 11) is 0. The van der Waals surface area contributed by atoms with Gasteiger partial charge >= 0.3 is 0 Å². The van der Waals surface area contributed by atoms with Crippen LogP contribution in [-0.2, 0) is 17.0 Å². The number of rotatable bonds is 9. The molecule has 0 radical (unpaired) electrons. The van der Waals surface area contributed by atoms with Crippen molar-refractivity contribution in [2.24, 2.45) is 0 Å². The van der Waals surface area contributed by atoms with E-state index in [0.29, 0.717) is 30.0 Å². The van der Waals surface area contributed by atoms with Crippen LogP contribution < -0.4 is 10.6 Å². The Labute approximate surface area is 184 Å². The van der Waals surface area contributed by atoms with Gasteiger partial charge in [0.1, 0.15) is 11.6 Å². The normalized spacial score (nSPS) is 10.5. The first-order valence-electron chi connectivity index (χ1n) is 9.74. The summed E-state index contributed by atoms with van der Waals surface area (Å²) < 4.78 is 25.8. The highest BCUT2D eigenvalue weighted by atomic mass is 32.2. The first kappa shape index (κ1) is 22.5. The highest BCUT2D eigenvalue weighted by molar-refractivity contribution is 7.99. The van der Waals surface area contributed by atoms with E-state index in [0.717, 1.165) is 11.1 Å². The second-order valence-electron chi connectivity index (χ2n) is 6.88. The molecule has 0 bridgehead atoms. The van der Waals surface area contributed by atoms with Crippen LogP contribution in [0.1, 0.15) is 21.5 Å². The highest BCUT2D eigenvalue weighted by Gasteiger charge is 2.07. The van der Waals surface area contributed by atoms with Crippen LogP contribution in [0, 0.1) is 11.6 Å². The quantitative estimate of drug-likeness (QED) is 0.502. The molecule has 7 heteroatoms. The molecule has 3 aromatic carbocycles. The van der Waals surface area contributed by atoms with E-state index in [2.05, 4.69) is 10.6 Å². The topological polar surface area (TPSA) is 58.2 Å². The van der Waals surface area contributed by atoms with Crippen LogP contribution in [0.4, 0.5) is 14.5 Å². The standard InChI is InChI=1S/C24H22F2N2O2S/c25-20-7-3-17(4-8-20)13-14-27-24(30)19-5-1-18(2-6-19)15-31-16-23(29)28-22-11-9-21(26)10-12-22/h1-12H,13-16H2,(H,27,30)(H,28,29). The second kappa shape index (κ2) is 11.3. The number of halogens is 2. The van der Waals surface area contributed by atoms with Crippen LogP contribution in [0.3, 0.4) is 0 Å². The lowest BCUT2D eigenvalue weighted by atomic mass is 10.1. The molecule has 3 rings (SSSR count). The number of benzene rings is 3. The van der Waals surface area contributed by atoms with Gasteiger partial charge in [-0.1, -0.05) is 24.3 Å². The fourth-order valence-electron chi connectivity index (χ4n) is 2.82. The molecule has 31 heavy (non-hydrogen) atoms. The van der Waals surface area contributed by atoms with Gasteiger partial charge < -0.3 is 10.6 Å². The van der Waals surface area contributed by atoms with E-state index in [1.807, 2.05) is 12.1 Å². The van der Waals surface area contributed by atoms with E-state index in [1.165, 1.54) is 48.2 Å². The smallest absolute Gasteiger partial charge is 0.251 e. The number of carbonyl (C=O) groups is 2. The third kappa shape index (κ3) is 7.53. The van der Waals surface area contributed by atoms with Gasteiger partial charge in [-0.25, -0.2) is 8.78 Å². The lowest BCUT2D eigenvalue weighted by Gasteiger charge is -2.07. The van der Waals surface area contributed by atoms with Gasteiger partial charge in [0, 0.05) is 23.5 Å². The van der Waals surface area contributed by atoms with Gasteiger partial charge in [-0.2, -0.15) is 0 Å². The molecule has 0 spiro atoms. The maximum Gasteiger partial charge on any atom is 0.251 e. The predicted octanol–water partition coefficient (Wildman–Crippen LogP) is 4.81. The van der Waals surface area contributed by atoms with Crippen LogP contribution in [0.2, 0.25) is 0 Å². The number of hydrogen-bond donors (Lipinski definition) is 2. The number of carbonyl (C=O) groups excluding carboxylic acids is 2. The van der Waals surface area contributed by atoms with Gasteiger partial charge in [0.05, 0.1) is 5.75 Å². The molecule has 0 aliphatic heterocycles. The molecule has 0 aliphatic rings. The molecule has 0 aromatic heterocycles. The summed E-state index contributed by atoms with van der Waals surface area (Å²) in [4.78, 5) is 24.2. The molecule has 0 heterocycles. The maximum atomic E-state index is 12.9. The fourth-order valence-corrected chi connectivity index (χ4v) is 3.61. The first-order chi connectivity index (χ1) is 15.0. The summed E-state index contributed by atoms with van der Waals surface area (Å²) in [5, 5.41) is 5.57. The maximum absolute atomic E-state index is 12.9. The Morgan fingerprint density at radius 2 is 1.35 bits per heavy atom. The van der Waals surface area contributed by atoms with E-state index in [9.17, 15) is 18.4 Å². The average Bonchev–Trinajstić information content (AvgIpc) is 2.77. The molecule has 4 nitrogen and oxygen atoms in total. The SMILES string of the molecule is O=C(CSCc1ccc(C(=O)NCCc2ccc(F)cc2)cc1)Nc1ccc(F)cc1. The number of amides is 2. The minimum absolute atomic E-state index is 0.159. The van der Waals surface area contributed by atoms with Crippen LogP contribution in [0.25, 0.3) is 0 Å². The molecule has 0 atom stereocenters. The Hall–Kier alpha value is -3.19. The third-order valence-corrected chi connectivity index (χ3v) is 5.46. The van der Waals surface area contributed by atoms with Crippen LogP contribution in [0.5, 0.6) is 0 Å². The second-order valence-corrected chi connectivity index (χ2v) is 7.86. The number of nitrogens with one attached hydrogen (secondary N) is 2. The van der Waals surface area contributed by atoms with Crippen molar-refractivity contribution in [3.8, 4) is 0 Å². The molecule has 0 aliphatic carbocycles. The van der Waals surface area contributed by atoms with E-state index in [1.54, 1.807) is 24.3 Å². The zero-order valence-electron chi connectivity index (χ0n) is 16.7. The molecule has 0 saturated heterocycles. The van der Waals surface area contributed by atoms with Gasteiger partial charge in [-0.05, 0) is 66.1 Å². The molecule has 160 valence electrons. The lowest BCUT2D eigenvalue weighted by Crippen LogP contribution is -2.25. The Kier molecular flexibility index (Phi) is 8.18. The molecular formula is C24H22F2N2O2S. The number of thioether (sulfide) groups is 1. The van der Waals surface area contributed by atoms with Crippen molar-refractivity contribution in [1.29, 1.82) is 0 Å². The Morgan fingerprint density at radius 1 is 0.774 bits per heavy atom. The molecular weight excluding hydrogens is 418 g/mol. The minimum atomic E-state index is -0.350. The Balaban J connectivity index is 1.37. The monoisotopic (exact) mass is 440 g/mol. The summed E-state index contributed by atoms with van der Waals surface area (Å²) in [6.07, 6.45) is 0.626. The number of hydrogen-bond acceptors (Lipinski definition) is 3. The van der Waals surface area contributed by atoms with Gasteiger partial charge in [0.25, 0.3) is 5.91 Å². The van der Waals surface area contributed by atoms with Crippen molar-refractivity contribution in [1.82, 2.24) is 5.32 Å². The lowest BCUT2D eigenvalue weighted by molar-refractivity contribution is -0.113. The zero-order chi connectivity index (χ0) is 22.1. The zero-order valence-corrected chi connectivity index (χ0v) is 17.6. The molecule has 0 saturated carbocycles. The van der Waals surface area contributed by atoms with Crippen molar-refractivity contribution >= 4 is 29.3 Å². The third-order valence-electron chi connectivity index (χ3n) is 4.46. The largest absolute Gasteiger partial charge is 0.352 e. The van der Waals surface area contributed by atoms with Crippen molar-refractivity contribution in [3.05, 3.63) is 101 Å². The van der Waals surface area contributed by atoms with E-state index in [4.69, 9.17) is 0 Å². The van der Waals surface area contributed by atoms with Crippen molar-refractivity contribution in [2.45, 2.75) is 12.2 Å². The number of anilines is 1. The van der Waals surface area contributed by atoms with Crippen molar-refractivity contribution in [2.75, 3.05) is 17.6 Å². The van der Waals surface area contributed by atoms with Crippen LogP contribution in [-0.4, -0.2) is 24.1 Å². The summed E-state index contributed by atoms with van der Waals surface area (Å²) in [5.41, 5.74) is 3.07. The van der Waals surface area contributed by atoms with E-state index < -0.39 is 0 Å². The van der Waals surface area contributed by atoms with Crippen molar-refractivity contribution < 1.29 is 18.4 Å². The molecule has 0 fully saturated rings. The van der Waals surface area contributed by atoms with E-state index in [-0.39, 0.29) is 29.2 Å². The minimum Gasteiger partial charge on any atom is -0.352 e. The Bertz CT molecular complexity index is 1010.